The molecule has 0 aromatic heterocycles. The lowest BCUT2D eigenvalue weighted by atomic mass is 10.0. The Labute approximate surface area is 151 Å². The molecule has 0 amide bonds. The fourth-order valence-electron chi connectivity index (χ4n) is 2.67. The number of aryl methyl sites for hydroxylation is 1. The number of benzene rings is 1. The summed E-state index contributed by atoms with van der Waals surface area (Å²) >= 11 is 0. The number of hydrogen-bond donors (Lipinski definition) is 2. The van der Waals surface area contributed by atoms with Gasteiger partial charge < -0.3 is 15.4 Å². The van der Waals surface area contributed by atoms with Crippen molar-refractivity contribution >= 4 is 29.9 Å². The minimum atomic E-state index is -0.0480. The average Bonchev–Trinajstić information content (AvgIpc) is 2.91. The van der Waals surface area contributed by atoms with E-state index in [4.69, 9.17) is 4.74 Å². The fourth-order valence-corrected chi connectivity index (χ4v) is 2.67. The molecule has 1 saturated heterocycles. The maximum Gasteiger partial charge on any atom is 0.191 e. The molecule has 0 aliphatic carbocycles. The summed E-state index contributed by atoms with van der Waals surface area (Å²) in [7, 11) is 1.81. The van der Waals surface area contributed by atoms with Gasteiger partial charge in [-0.05, 0) is 44.2 Å². The van der Waals surface area contributed by atoms with Crippen molar-refractivity contribution in [3.05, 3.63) is 35.4 Å². The highest BCUT2D eigenvalue weighted by molar-refractivity contribution is 14.0. The summed E-state index contributed by atoms with van der Waals surface area (Å²) in [5, 5.41) is 6.74. The van der Waals surface area contributed by atoms with Gasteiger partial charge in [0.05, 0.1) is 5.60 Å². The van der Waals surface area contributed by atoms with Crippen LogP contribution in [0.3, 0.4) is 0 Å². The minimum Gasteiger partial charge on any atom is -0.373 e. The quantitative estimate of drug-likeness (QED) is 0.440. The molecule has 1 atom stereocenters. The number of ether oxygens (including phenoxy) is 1. The number of aliphatic imine (C=N–C) groups is 1. The molecule has 1 aromatic rings. The van der Waals surface area contributed by atoms with Gasteiger partial charge in [-0.15, -0.1) is 24.0 Å². The first-order chi connectivity index (χ1) is 10.1. The first-order valence-corrected chi connectivity index (χ1v) is 7.76. The molecule has 4 nitrogen and oxygen atoms in total. The van der Waals surface area contributed by atoms with Crippen LogP contribution in [0.2, 0.25) is 0 Å². The van der Waals surface area contributed by atoms with E-state index in [1.807, 2.05) is 0 Å². The van der Waals surface area contributed by atoms with Crippen LogP contribution in [0.1, 0.15) is 30.9 Å². The molecule has 22 heavy (non-hydrogen) atoms. The first-order valence-electron chi connectivity index (χ1n) is 7.76. The lowest BCUT2D eigenvalue weighted by molar-refractivity contribution is 0.0243. The van der Waals surface area contributed by atoms with E-state index in [0.717, 1.165) is 44.9 Å². The first kappa shape index (κ1) is 19.2. The van der Waals surface area contributed by atoms with E-state index >= 15 is 0 Å². The van der Waals surface area contributed by atoms with Crippen LogP contribution in [0.5, 0.6) is 0 Å². The van der Waals surface area contributed by atoms with Crippen LogP contribution in [0.15, 0.2) is 29.3 Å². The zero-order valence-electron chi connectivity index (χ0n) is 13.8. The molecule has 0 saturated carbocycles. The third-order valence-corrected chi connectivity index (χ3v) is 4.10. The van der Waals surface area contributed by atoms with E-state index in [1.54, 1.807) is 7.05 Å². The van der Waals surface area contributed by atoms with Crippen LogP contribution in [0.4, 0.5) is 0 Å². The number of halogens is 1. The van der Waals surface area contributed by atoms with E-state index in [0.29, 0.717) is 0 Å². The second-order valence-electron chi connectivity index (χ2n) is 5.93. The molecule has 5 heteroatoms. The molecule has 0 radical (unpaired) electrons. The van der Waals surface area contributed by atoms with Gasteiger partial charge in [0.15, 0.2) is 5.96 Å². The minimum absolute atomic E-state index is 0. The Morgan fingerprint density at radius 1 is 1.32 bits per heavy atom. The van der Waals surface area contributed by atoms with Crippen molar-refractivity contribution in [1.82, 2.24) is 10.6 Å². The van der Waals surface area contributed by atoms with Crippen LogP contribution in [-0.2, 0) is 11.2 Å². The Hall–Kier alpha value is -0.820. The fraction of sp³-hybridized carbons (Fsp3) is 0.588. The number of nitrogens with one attached hydrogen (secondary N) is 2. The highest BCUT2D eigenvalue weighted by Crippen LogP contribution is 2.23. The summed E-state index contributed by atoms with van der Waals surface area (Å²) < 4.78 is 5.78. The number of rotatable bonds is 5. The van der Waals surface area contributed by atoms with E-state index < -0.39 is 0 Å². The molecule has 2 N–H and O–H groups in total. The second-order valence-corrected chi connectivity index (χ2v) is 5.93. The van der Waals surface area contributed by atoms with Crippen molar-refractivity contribution in [2.24, 2.45) is 4.99 Å². The van der Waals surface area contributed by atoms with Crippen LogP contribution >= 0.6 is 24.0 Å². The van der Waals surface area contributed by atoms with Crippen LogP contribution < -0.4 is 10.6 Å². The molecule has 1 aliphatic rings. The Bertz CT molecular complexity index is 485. The summed E-state index contributed by atoms with van der Waals surface area (Å²) in [5.41, 5.74) is 2.67. The van der Waals surface area contributed by atoms with E-state index in [1.165, 1.54) is 11.1 Å². The van der Waals surface area contributed by atoms with Crippen molar-refractivity contribution in [3.63, 3.8) is 0 Å². The molecule has 2 rings (SSSR count). The molecule has 0 spiro atoms. The summed E-state index contributed by atoms with van der Waals surface area (Å²) in [6.45, 7) is 6.87. The predicted molar refractivity (Wildman–Crippen MR) is 103 cm³/mol. The van der Waals surface area contributed by atoms with Gasteiger partial charge >= 0.3 is 0 Å². The van der Waals surface area contributed by atoms with Gasteiger partial charge in [0.25, 0.3) is 0 Å². The lowest BCUT2D eigenvalue weighted by Crippen LogP contribution is -2.45. The molecule has 124 valence electrons. The summed E-state index contributed by atoms with van der Waals surface area (Å²) in [5.74, 6) is 0.848. The highest BCUT2D eigenvalue weighted by atomic mass is 127. The molecule has 1 fully saturated rings. The maximum atomic E-state index is 5.78. The van der Waals surface area contributed by atoms with Gasteiger partial charge in [-0.2, -0.15) is 0 Å². The normalized spacial score (nSPS) is 21.3. The lowest BCUT2D eigenvalue weighted by Gasteiger charge is -2.24. The van der Waals surface area contributed by atoms with Gasteiger partial charge in [-0.3, -0.25) is 4.99 Å². The monoisotopic (exact) mass is 417 g/mol. The van der Waals surface area contributed by atoms with Crippen molar-refractivity contribution in [1.29, 1.82) is 0 Å². The Balaban J connectivity index is 0.00000242. The Kier molecular flexibility index (Phi) is 8.17. The largest absolute Gasteiger partial charge is 0.373 e. The third-order valence-electron chi connectivity index (χ3n) is 4.10. The molecular weight excluding hydrogens is 389 g/mol. The molecule has 1 aliphatic heterocycles. The van der Waals surface area contributed by atoms with Gasteiger partial charge in [-0.25, -0.2) is 0 Å². The zero-order chi connectivity index (χ0) is 15.1. The van der Waals surface area contributed by atoms with Crippen molar-refractivity contribution in [2.45, 2.75) is 38.7 Å². The summed E-state index contributed by atoms with van der Waals surface area (Å²) in [6, 6.07) is 8.50. The van der Waals surface area contributed by atoms with Gasteiger partial charge in [-0.1, -0.05) is 24.3 Å². The van der Waals surface area contributed by atoms with Crippen LogP contribution in [0.25, 0.3) is 0 Å². The van der Waals surface area contributed by atoms with Crippen LogP contribution in [0, 0.1) is 6.92 Å². The van der Waals surface area contributed by atoms with Crippen LogP contribution in [-0.4, -0.2) is 38.3 Å². The molecule has 1 heterocycles. The number of nitrogens with zero attached hydrogens (tertiary/aromatic N) is 1. The second kappa shape index (κ2) is 9.35. The van der Waals surface area contributed by atoms with E-state index in [9.17, 15) is 0 Å². The highest BCUT2D eigenvalue weighted by Gasteiger charge is 2.29. The van der Waals surface area contributed by atoms with Crippen molar-refractivity contribution in [3.8, 4) is 0 Å². The molecular formula is C17H28IN3O. The molecule has 1 unspecified atom stereocenters. The van der Waals surface area contributed by atoms with Gasteiger partial charge in [0.1, 0.15) is 0 Å². The standard InChI is InChI=1S/C17H27N3O.HI/c1-14-7-4-5-8-15(14)9-11-19-16(18-3)20-13-17(2)10-6-12-21-17;/h4-5,7-8H,6,9-13H2,1-3H3,(H2,18,19,20);1H. The predicted octanol–water partition coefficient (Wildman–Crippen LogP) is 2.89. The van der Waals surface area contributed by atoms with Crippen molar-refractivity contribution < 1.29 is 4.74 Å². The Morgan fingerprint density at radius 3 is 2.73 bits per heavy atom. The topological polar surface area (TPSA) is 45.7 Å². The van der Waals surface area contributed by atoms with E-state index in [-0.39, 0.29) is 29.6 Å². The summed E-state index contributed by atoms with van der Waals surface area (Å²) in [4.78, 5) is 4.27. The smallest absolute Gasteiger partial charge is 0.191 e. The molecule has 1 aromatic carbocycles. The third kappa shape index (κ3) is 5.76. The van der Waals surface area contributed by atoms with Gasteiger partial charge in [0.2, 0.25) is 0 Å². The van der Waals surface area contributed by atoms with E-state index in [2.05, 4.69) is 53.7 Å². The molecule has 0 bridgehead atoms. The summed E-state index contributed by atoms with van der Waals surface area (Å²) in [6.07, 6.45) is 3.26. The Morgan fingerprint density at radius 2 is 2.09 bits per heavy atom. The van der Waals surface area contributed by atoms with Crippen molar-refractivity contribution in [2.75, 3.05) is 26.7 Å². The van der Waals surface area contributed by atoms with Gasteiger partial charge in [0, 0.05) is 26.7 Å². The SMILES string of the molecule is CN=C(NCCc1ccccc1C)NCC1(C)CCCO1.I. The zero-order valence-corrected chi connectivity index (χ0v) is 16.1. The average molecular weight is 417 g/mol. The number of guanidine groups is 1. The number of hydrogen-bond acceptors (Lipinski definition) is 2. The maximum absolute atomic E-state index is 5.78.